The second-order valence-corrected chi connectivity index (χ2v) is 6.37. The van der Waals surface area contributed by atoms with Gasteiger partial charge in [-0.05, 0) is 37.3 Å². The molecule has 1 aliphatic carbocycles. The fraction of sp³-hybridized carbons (Fsp3) is 0.688. The van der Waals surface area contributed by atoms with E-state index in [1.54, 1.807) is 0 Å². The van der Waals surface area contributed by atoms with Crippen molar-refractivity contribution >= 4 is 5.82 Å². The highest BCUT2D eigenvalue weighted by molar-refractivity contribution is 5.45. The molecule has 3 heteroatoms. The van der Waals surface area contributed by atoms with Crippen LogP contribution in [0.4, 0.5) is 5.82 Å². The molecule has 0 spiro atoms. The predicted molar refractivity (Wildman–Crippen MR) is 80.0 cm³/mol. The Bertz CT molecular complexity index is 451. The van der Waals surface area contributed by atoms with Crippen molar-refractivity contribution in [1.82, 2.24) is 10.3 Å². The molecule has 1 atom stereocenters. The molecule has 0 amide bonds. The van der Waals surface area contributed by atoms with Crippen LogP contribution in [0.1, 0.15) is 56.7 Å². The Hall–Kier alpha value is -1.09. The largest absolute Gasteiger partial charge is 0.354 e. The van der Waals surface area contributed by atoms with Gasteiger partial charge in [0.1, 0.15) is 5.82 Å². The summed E-state index contributed by atoms with van der Waals surface area (Å²) in [7, 11) is 0. The zero-order valence-electron chi connectivity index (χ0n) is 12.3. The molecule has 1 saturated heterocycles. The van der Waals surface area contributed by atoms with E-state index >= 15 is 0 Å². The Labute approximate surface area is 116 Å². The number of nitrogens with one attached hydrogen (secondary N) is 1. The number of anilines is 1. The molecule has 0 bridgehead atoms. The third-order valence-corrected chi connectivity index (χ3v) is 4.22. The third kappa shape index (κ3) is 2.76. The summed E-state index contributed by atoms with van der Waals surface area (Å²) in [5.41, 5.74) is 2.83. The van der Waals surface area contributed by atoms with Gasteiger partial charge in [-0.15, -0.1) is 0 Å². The molecule has 1 aromatic heterocycles. The summed E-state index contributed by atoms with van der Waals surface area (Å²) >= 11 is 0. The highest BCUT2D eigenvalue weighted by atomic mass is 15.2. The summed E-state index contributed by atoms with van der Waals surface area (Å²) < 4.78 is 0. The van der Waals surface area contributed by atoms with Crippen molar-refractivity contribution in [3.05, 3.63) is 23.4 Å². The van der Waals surface area contributed by atoms with E-state index in [9.17, 15) is 0 Å². The minimum absolute atomic E-state index is 0.560. The van der Waals surface area contributed by atoms with Crippen molar-refractivity contribution in [2.75, 3.05) is 24.5 Å². The zero-order chi connectivity index (χ0) is 13.4. The fourth-order valence-corrected chi connectivity index (χ4v) is 2.96. The summed E-state index contributed by atoms with van der Waals surface area (Å²) in [6.07, 6.45) is 2.66. The molecule has 3 nitrogen and oxygen atoms in total. The zero-order valence-corrected chi connectivity index (χ0v) is 12.3. The highest BCUT2D eigenvalue weighted by Crippen LogP contribution is 2.42. The van der Waals surface area contributed by atoms with Gasteiger partial charge >= 0.3 is 0 Å². The Balaban J connectivity index is 1.88. The van der Waals surface area contributed by atoms with Crippen LogP contribution in [0.3, 0.4) is 0 Å². The first-order valence-electron chi connectivity index (χ1n) is 7.64. The Morgan fingerprint density at radius 1 is 1.32 bits per heavy atom. The van der Waals surface area contributed by atoms with Gasteiger partial charge < -0.3 is 10.2 Å². The summed E-state index contributed by atoms with van der Waals surface area (Å²) in [6.45, 7) is 10.00. The number of piperazine rings is 1. The maximum atomic E-state index is 5.01. The maximum Gasteiger partial charge on any atom is 0.128 e. The normalized spacial score (nSPS) is 24.0. The summed E-state index contributed by atoms with van der Waals surface area (Å²) in [5, 5.41) is 3.49. The van der Waals surface area contributed by atoms with Crippen molar-refractivity contribution in [2.24, 2.45) is 0 Å². The van der Waals surface area contributed by atoms with Crippen molar-refractivity contribution in [3.8, 4) is 0 Å². The lowest BCUT2D eigenvalue weighted by Gasteiger charge is -2.33. The van der Waals surface area contributed by atoms with Crippen LogP contribution in [0.15, 0.2) is 12.1 Å². The van der Waals surface area contributed by atoms with Crippen LogP contribution in [0.5, 0.6) is 0 Å². The number of rotatable bonds is 3. The van der Waals surface area contributed by atoms with Gasteiger partial charge in [-0.3, -0.25) is 0 Å². The standard InChI is InChI=1S/C16H25N3/c1-11(2)14-6-7-15(18-16(14)13-4-5-13)19-9-8-17-12(3)10-19/h6-7,11-13,17H,4-5,8-10H2,1-3H3/t12-/m0/s1. The van der Waals surface area contributed by atoms with E-state index in [-0.39, 0.29) is 0 Å². The van der Waals surface area contributed by atoms with Gasteiger partial charge in [0.15, 0.2) is 0 Å². The topological polar surface area (TPSA) is 28.2 Å². The second-order valence-electron chi connectivity index (χ2n) is 6.37. The van der Waals surface area contributed by atoms with Crippen LogP contribution in [0, 0.1) is 0 Å². The molecule has 2 aliphatic rings. The molecule has 19 heavy (non-hydrogen) atoms. The molecule has 0 radical (unpaired) electrons. The van der Waals surface area contributed by atoms with E-state index in [0.717, 1.165) is 25.6 Å². The smallest absolute Gasteiger partial charge is 0.128 e. The van der Waals surface area contributed by atoms with Crippen molar-refractivity contribution in [3.63, 3.8) is 0 Å². The van der Waals surface area contributed by atoms with E-state index in [0.29, 0.717) is 12.0 Å². The van der Waals surface area contributed by atoms with Crippen LogP contribution in [0.25, 0.3) is 0 Å². The molecule has 2 heterocycles. The molecule has 0 aromatic carbocycles. The molecule has 3 rings (SSSR count). The third-order valence-electron chi connectivity index (χ3n) is 4.22. The Morgan fingerprint density at radius 2 is 2.11 bits per heavy atom. The van der Waals surface area contributed by atoms with Crippen LogP contribution < -0.4 is 10.2 Å². The average molecular weight is 259 g/mol. The van der Waals surface area contributed by atoms with Gasteiger partial charge in [-0.1, -0.05) is 19.9 Å². The number of aromatic nitrogens is 1. The van der Waals surface area contributed by atoms with Crippen molar-refractivity contribution in [2.45, 2.75) is 51.5 Å². The quantitative estimate of drug-likeness (QED) is 0.904. The van der Waals surface area contributed by atoms with Crippen molar-refractivity contribution < 1.29 is 0 Å². The molecule has 1 N–H and O–H groups in total. The fourth-order valence-electron chi connectivity index (χ4n) is 2.96. The van der Waals surface area contributed by atoms with Gasteiger partial charge in [0.25, 0.3) is 0 Å². The summed E-state index contributed by atoms with van der Waals surface area (Å²) in [5.74, 6) is 2.50. The maximum absolute atomic E-state index is 5.01. The van der Waals surface area contributed by atoms with E-state index in [2.05, 4.69) is 43.1 Å². The van der Waals surface area contributed by atoms with Gasteiger partial charge in [0.2, 0.25) is 0 Å². The first-order chi connectivity index (χ1) is 9.15. The number of nitrogens with zero attached hydrogens (tertiary/aromatic N) is 2. The van der Waals surface area contributed by atoms with E-state index < -0.39 is 0 Å². The van der Waals surface area contributed by atoms with Gasteiger partial charge in [-0.25, -0.2) is 4.98 Å². The molecular formula is C16H25N3. The van der Waals surface area contributed by atoms with Gasteiger partial charge in [0.05, 0.1) is 0 Å². The van der Waals surface area contributed by atoms with Gasteiger partial charge in [-0.2, -0.15) is 0 Å². The molecular weight excluding hydrogens is 234 g/mol. The summed E-state index contributed by atoms with van der Waals surface area (Å²) in [4.78, 5) is 7.44. The molecule has 104 valence electrons. The molecule has 1 aromatic rings. The van der Waals surface area contributed by atoms with Gasteiger partial charge in [0, 0.05) is 37.3 Å². The van der Waals surface area contributed by atoms with Crippen LogP contribution in [-0.2, 0) is 0 Å². The molecule has 0 unspecified atom stereocenters. The van der Waals surface area contributed by atoms with E-state index in [4.69, 9.17) is 4.98 Å². The lowest BCUT2D eigenvalue weighted by molar-refractivity contribution is 0.482. The highest BCUT2D eigenvalue weighted by Gasteiger charge is 2.29. The molecule has 1 aliphatic heterocycles. The predicted octanol–water partition coefficient (Wildman–Crippen LogP) is 2.88. The van der Waals surface area contributed by atoms with Crippen LogP contribution in [-0.4, -0.2) is 30.7 Å². The van der Waals surface area contributed by atoms with E-state index in [1.807, 2.05) is 0 Å². The lowest BCUT2D eigenvalue weighted by atomic mass is 9.99. The minimum atomic E-state index is 0.560. The van der Waals surface area contributed by atoms with E-state index in [1.165, 1.54) is 29.9 Å². The average Bonchev–Trinajstić information content (AvgIpc) is 3.22. The minimum Gasteiger partial charge on any atom is -0.354 e. The number of pyridine rings is 1. The second kappa shape index (κ2) is 5.12. The number of hydrogen-bond acceptors (Lipinski definition) is 3. The van der Waals surface area contributed by atoms with Crippen molar-refractivity contribution in [1.29, 1.82) is 0 Å². The summed E-state index contributed by atoms with van der Waals surface area (Å²) in [6, 6.07) is 5.09. The first-order valence-corrected chi connectivity index (χ1v) is 7.64. The first kappa shape index (κ1) is 12.9. The number of hydrogen-bond donors (Lipinski definition) is 1. The van der Waals surface area contributed by atoms with Crippen LogP contribution >= 0.6 is 0 Å². The Kier molecular flexibility index (Phi) is 3.48. The lowest BCUT2D eigenvalue weighted by Crippen LogP contribution is -2.49. The monoisotopic (exact) mass is 259 g/mol. The van der Waals surface area contributed by atoms with Crippen LogP contribution in [0.2, 0.25) is 0 Å². The SMILES string of the molecule is CC(C)c1ccc(N2CCN[C@@H](C)C2)nc1C1CC1. The molecule has 2 fully saturated rings. The molecule has 1 saturated carbocycles. The Morgan fingerprint density at radius 3 is 2.74 bits per heavy atom.